The van der Waals surface area contributed by atoms with E-state index in [2.05, 4.69) is 5.32 Å². The van der Waals surface area contributed by atoms with Gasteiger partial charge in [0.1, 0.15) is 5.75 Å². The molecule has 0 heterocycles. The minimum Gasteiger partial charge on any atom is -0.497 e. The molecule has 2 aromatic carbocycles. The number of anilines is 1. The summed E-state index contributed by atoms with van der Waals surface area (Å²) in [6.07, 6.45) is 1.13. The van der Waals surface area contributed by atoms with Crippen LogP contribution in [-0.4, -0.2) is 38.8 Å². The highest BCUT2D eigenvalue weighted by Crippen LogP contribution is 2.24. The highest BCUT2D eigenvalue weighted by molar-refractivity contribution is 7.90. The SMILES string of the molecule is COc1ccc(C(C)CC(=O)Nc2cc(C(=O)O)cc(S(C)(=O)=O)c2)cc1. The first kappa shape index (κ1) is 20.4. The van der Waals surface area contributed by atoms with E-state index in [1.165, 1.54) is 12.1 Å². The van der Waals surface area contributed by atoms with Crippen molar-refractivity contribution in [2.45, 2.75) is 24.2 Å². The molecular formula is C19H21NO6S. The third kappa shape index (κ3) is 5.55. The van der Waals surface area contributed by atoms with Gasteiger partial charge in [-0.25, -0.2) is 13.2 Å². The first-order valence-corrected chi connectivity index (χ1v) is 10.0. The molecule has 144 valence electrons. The van der Waals surface area contributed by atoms with E-state index in [4.69, 9.17) is 9.84 Å². The summed E-state index contributed by atoms with van der Waals surface area (Å²) < 4.78 is 28.6. The molecule has 2 rings (SSSR count). The third-order valence-corrected chi connectivity index (χ3v) is 5.13. The van der Waals surface area contributed by atoms with E-state index in [9.17, 15) is 18.0 Å². The van der Waals surface area contributed by atoms with Gasteiger partial charge in [0.05, 0.1) is 17.6 Å². The molecule has 0 aromatic heterocycles. The second kappa shape index (κ2) is 8.22. The van der Waals surface area contributed by atoms with Gasteiger partial charge in [-0.1, -0.05) is 19.1 Å². The number of aromatic carboxylic acids is 1. The van der Waals surface area contributed by atoms with Crippen molar-refractivity contribution in [3.63, 3.8) is 0 Å². The van der Waals surface area contributed by atoms with Gasteiger partial charge in [-0.15, -0.1) is 0 Å². The second-order valence-corrected chi connectivity index (χ2v) is 8.27. The molecule has 0 aliphatic heterocycles. The Bertz CT molecular complexity index is 951. The fourth-order valence-electron chi connectivity index (χ4n) is 2.55. The van der Waals surface area contributed by atoms with Crippen molar-refractivity contribution in [1.29, 1.82) is 0 Å². The van der Waals surface area contributed by atoms with E-state index in [1.807, 2.05) is 19.1 Å². The molecule has 0 bridgehead atoms. The summed E-state index contributed by atoms with van der Waals surface area (Å²) in [5.74, 6) is -0.995. The van der Waals surface area contributed by atoms with E-state index in [0.717, 1.165) is 17.9 Å². The van der Waals surface area contributed by atoms with Crippen LogP contribution in [0.5, 0.6) is 5.75 Å². The molecule has 1 atom stereocenters. The summed E-state index contributed by atoms with van der Waals surface area (Å²) in [6, 6.07) is 10.9. The highest BCUT2D eigenvalue weighted by atomic mass is 32.2. The van der Waals surface area contributed by atoms with Gasteiger partial charge in [0.2, 0.25) is 5.91 Å². The number of hydrogen-bond donors (Lipinski definition) is 2. The summed E-state index contributed by atoms with van der Waals surface area (Å²) in [5.41, 5.74) is 0.862. The van der Waals surface area contributed by atoms with Crippen molar-refractivity contribution in [2.75, 3.05) is 18.7 Å². The fraction of sp³-hybridized carbons (Fsp3) is 0.263. The van der Waals surface area contributed by atoms with Gasteiger partial charge in [0.25, 0.3) is 0 Å². The van der Waals surface area contributed by atoms with Crippen molar-refractivity contribution < 1.29 is 27.9 Å². The predicted molar refractivity (Wildman–Crippen MR) is 101 cm³/mol. The molecule has 0 radical (unpaired) electrons. The minimum atomic E-state index is -3.62. The van der Waals surface area contributed by atoms with Crippen LogP contribution in [0.1, 0.15) is 35.2 Å². The summed E-state index contributed by atoms with van der Waals surface area (Å²) in [5, 5.41) is 11.7. The highest BCUT2D eigenvalue weighted by Gasteiger charge is 2.16. The number of benzene rings is 2. The Balaban J connectivity index is 2.16. The van der Waals surface area contributed by atoms with Gasteiger partial charge in [0, 0.05) is 18.4 Å². The summed E-state index contributed by atoms with van der Waals surface area (Å²) in [6.45, 7) is 1.89. The van der Waals surface area contributed by atoms with Gasteiger partial charge in [-0.05, 0) is 41.8 Å². The molecule has 8 heteroatoms. The van der Waals surface area contributed by atoms with Crippen molar-refractivity contribution in [3.8, 4) is 5.75 Å². The number of sulfone groups is 1. The Hall–Kier alpha value is -2.87. The number of rotatable bonds is 7. The number of nitrogens with one attached hydrogen (secondary N) is 1. The van der Waals surface area contributed by atoms with Crippen LogP contribution >= 0.6 is 0 Å². The standard InChI is InChI=1S/C19H21NO6S/c1-12(13-4-6-16(26-2)7-5-13)8-18(21)20-15-9-14(19(22)23)10-17(11-15)27(3,24)25/h4-7,9-12H,8H2,1-3H3,(H,20,21)(H,22,23). The molecule has 0 aliphatic rings. The monoisotopic (exact) mass is 391 g/mol. The summed E-state index contributed by atoms with van der Waals surface area (Å²) in [7, 11) is -2.04. The molecule has 0 saturated carbocycles. The van der Waals surface area contributed by atoms with E-state index < -0.39 is 15.8 Å². The lowest BCUT2D eigenvalue weighted by atomic mass is 9.97. The van der Waals surface area contributed by atoms with Gasteiger partial charge >= 0.3 is 5.97 Å². The average Bonchev–Trinajstić information content (AvgIpc) is 2.60. The largest absolute Gasteiger partial charge is 0.497 e. The predicted octanol–water partition coefficient (Wildman–Crippen LogP) is 2.93. The normalized spacial score (nSPS) is 12.3. The van der Waals surface area contributed by atoms with Crippen LogP contribution in [0, 0.1) is 0 Å². The lowest BCUT2D eigenvalue weighted by Gasteiger charge is -2.13. The molecule has 1 amide bonds. The van der Waals surface area contributed by atoms with Crippen LogP contribution in [0.3, 0.4) is 0 Å². The van der Waals surface area contributed by atoms with Gasteiger partial charge < -0.3 is 15.2 Å². The Morgan fingerprint density at radius 2 is 1.78 bits per heavy atom. The molecule has 2 N–H and O–H groups in total. The molecule has 0 fully saturated rings. The molecule has 27 heavy (non-hydrogen) atoms. The van der Waals surface area contributed by atoms with Crippen LogP contribution in [0.25, 0.3) is 0 Å². The molecule has 0 aliphatic carbocycles. The van der Waals surface area contributed by atoms with Gasteiger partial charge in [0.15, 0.2) is 9.84 Å². The number of hydrogen-bond acceptors (Lipinski definition) is 5. The number of amides is 1. The Kier molecular flexibility index (Phi) is 6.22. The number of methoxy groups -OCH3 is 1. The van der Waals surface area contributed by atoms with Crippen LogP contribution in [0.2, 0.25) is 0 Å². The van der Waals surface area contributed by atoms with Crippen molar-refractivity contribution in [3.05, 3.63) is 53.6 Å². The van der Waals surface area contributed by atoms with Gasteiger partial charge in [-0.2, -0.15) is 0 Å². The summed E-state index contributed by atoms with van der Waals surface area (Å²) in [4.78, 5) is 23.4. The number of carboxylic acids is 1. The third-order valence-electron chi connectivity index (χ3n) is 4.04. The smallest absolute Gasteiger partial charge is 0.335 e. The van der Waals surface area contributed by atoms with Crippen LogP contribution < -0.4 is 10.1 Å². The van der Waals surface area contributed by atoms with E-state index in [0.29, 0.717) is 5.75 Å². The van der Waals surface area contributed by atoms with Crippen molar-refractivity contribution in [1.82, 2.24) is 0 Å². The van der Waals surface area contributed by atoms with E-state index in [1.54, 1.807) is 19.2 Å². The van der Waals surface area contributed by atoms with Crippen LogP contribution in [-0.2, 0) is 14.6 Å². The van der Waals surface area contributed by atoms with Gasteiger partial charge in [-0.3, -0.25) is 4.79 Å². The maximum atomic E-state index is 12.3. The minimum absolute atomic E-state index is 0.0899. The first-order chi connectivity index (χ1) is 12.6. The molecule has 2 aromatic rings. The summed E-state index contributed by atoms with van der Waals surface area (Å²) >= 11 is 0. The number of carbonyl (C=O) groups is 2. The topological polar surface area (TPSA) is 110 Å². The quantitative estimate of drug-likeness (QED) is 0.751. The molecule has 0 saturated heterocycles. The van der Waals surface area contributed by atoms with Crippen molar-refractivity contribution in [2.24, 2.45) is 0 Å². The molecule has 1 unspecified atom stereocenters. The Morgan fingerprint density at radius 1 is 1.15 bits per heavy atom. The van der Waals surface area contributed by atoms with E-state index in [-0.39, 0.29) is 34.4 Å². The second-order valence-electron chi connectivity index (χ2n) is 6.25. The number of carbonyl (C=O) groups excluding carboxylic acids is 1. The lowest BCUT2D eigenvalue weighted by Crippen LogP contribution is -2.15. The maximum absolute atomic E-state index is 12.3. The average molecular weight is 391 g/mol. The fourth-order valence-corrected chi connectivity index (χ4v) is 3.23. The molecule has 0 spiro atoms. The number of ether oxygens (including phenoxy) is 1. The maximum Gasteiger partial charge on any atom is 0.335 e. The Labute approximate surface area is 157 Å². The van der Waals surface area contributed by atoms with E-state index >= 15 is 0 Å². The van der Waals surface area contributed by atoms with Crippen molar-refractivity contribution >= 4 is 27.4 Å². The molecular weight excluding hydrogens is 370 g/mol. The molecule has 7 nitrogen and oxygen atoms in total. The first-order valence-electron chi connectivity index (χ1n) is 8.12. The Morgan fingerprint density at radius 3 is 2.30 bits per heavy atom. The zero-order valence-electron chi connectivity index (χ0n) is 15.2. The zero-order valence-corrected chi connectivity index (χ0v) is 16.0. The zero-order chi connectivity index (χ0) is 20.2. The lowest BCUT2D eigenvalue weighted by molar-refractivity contribution is -0.116. The van der Waals surface area contributed by atoms with Crippen LogP contribution in [0.4, 0.5) is 5.69 Å². The van der Waals surface area contributed by atoms with Crippen LogP contribution in [0.15, 0.2) is 47.4 Å². The number of carboxylic acid groups (broad SMARTS) is 1.